The minimum atomic E-state index is -0.226. The third kappa shape index (κ3) is 4.37. The van der Waals surface area contributed by atoms with E-state index < -0.39 is 0 Å². The molecule has 4 nitrogen and oxygen atoms in total. The Hall–Kier alpha value is -0.160. The van der Waals surface area contributed by atoms with E-state index in [0.29, 0.717) is 6.54 Å². The van der Waals surface area contributed by atoms with Crippen LogP contribution in [0.15, 0.2) is 0 Å². The van der Waals surface area contributed by atoms with Crippen LogP contribution < -0.4 is 5.32 Å². The molecule has 84 valence electrons. The zero-order valence-electron chi connectivity index (χ0n) is 9.20. The number of likely N-dealkylation sites (N-methyl/N-ethyl adjacent to an activating group) is 1. The van der Waals surface area contributed by atoms with E-state index in [1.54, 1.807) is 0 Å². The van der Waals surface area contributed by atoms with Crippen LogP contribution in [0.1, 0.15) is 13.3 Å². The molecule has 0 amide bonds. The second-order valence-corrected chi connectivity index (χ2v) is 3.98. The Kier molecular flexibility index (Phi) is 5.40. The molecule has 1 saturated heterocycles. The highest BCUT2D eigenvalue weighted by Crippen LogP contribution is 2.01. The van der Waals surface area contributed by atoms with Gasteiger partial charge in [0.2, 0.25) is 0 Å². The number of rotatable bonds is 5. The van der Waals surface area contributed by atoms with Crippen LogP contribution in [0.4, 0.5) is 0 Å². The number of morpholine rings is 1. The summed E-state index contributed by atoms with van der Waals surface area (Å²) in [5.41, 5.74) is 0. The van der Waals surface area contributed by atoms with Crippen LogP contribution in [0.25, 0.3) is 0 Å². The average molecular weight is 202 g/mol. The number of aliphatic hydroxyl groups excluding tert-OH is 1. The zero-order valence-corrected chi connectivity index (χ0v) is 9.20. The Morgan fingerprint density at radius 1 is 1.64 bits per heavy atom. The van der Waals surface area contributed by atoms with Crippen LogP contribution in [0.2, 0.25) is 0 Å². The predicted molar refractivity (Wildman–Crippen MR) is 56.4 cm³/mol. The molecular weight excluding hydrogens is 180 g/mol. The summed E-state index contributed by atoms with van der Waals surface area (Å²) in [6.07, 6.45) is 0.854. The Morgan fingerprint density at radius 3 is 3.07 bits per heavy atom. The van der Waals surface area contributed by atoms with E-state index in [2.05, 4.69) is 17.3 Å². The number of ether oxygens (including phenoxy) is 1. The molecule has 0 unspecified atom stereocenters. The molecule has 0 spiro atoms. The second kappa shape index (κ2) is 6.35. The fourth-order valence-corrected chi connectivity index (χ4v) is 1.55. The average Bonchev–Trinajstić information content (AvgIpc) is 2.17. The number of hydrogen-bond acceptors (Lipinski definition) is 4. The molecule has 1 rings (SSSR count). The maximum absolute atomic E-state index is 9.33. The normalized spacial score (nSPS) is 26.4. The monoisotopic (exact) mass is 202 g/mol. The minimum Gasteiger partial charge on any atom is -0.392 e. The molecule has 2 N–H and O–H groups in total. The lowest BCUT2D eigenvalue weighted by atomic mass is 10.2. The van der Waals surface area contributed by atoms with Gasteiger partial charge in [-0.15, -0.1) is 0 Å². The van der Waals surface area contributed by atoms with E-state index in [1.807, 2.05) is 6.92 Å². The molecule has 1 heterocycles. The largest absolute Gasteiger partial charge is 0.392 e. The van der Waals surface area contributed by atoms with Crippen molar-refractivity contribution in [3.05, 3.63) is 0 Å². The molecule has 4 heteroatoms. The number of aliphatic hydroxyl groups is 1. The second-order valence-electron chi connectivity index (χ2n) is 3.98. The first-order chi connectivity index (χ1) is 6.72. The van der Waals surface area contributed by atoms with Gasteiger partial charge in [-0.25, -0.2) is 0 Å². The van der Waals surface area contributed by atoms with Crippen LogP contribution in [0.5, 0.6) is 0 Å². The molecule has 0 saturated carbocycles. The molecule has 1 aliphatic heterocycles. The minimum absolute atomic E-state index is 0.226. The van der Waals surface area contributed by atoms with E-state index in [1.165, 1.54) is 0 Å². The van der Waals surface area contributed by atoms with Crippen molar-refractivity contribution in [2.75, 3.05) is 39.8 Å². The van der Waals surface area contributed by atoms with Gasteiger partial charge >= 0.3 is 0 Å². The fraction of sp³-hybridized carbons (Fsp3) is 1.00. The Bertz CT molecular complexity index is 155. The molecule has 14 heavy (non-hydrogen) atoms. The van der Waals surface area contributed by atoms with Crippen molar-refractivity contribution < 1.29 is 9.84 Å². The summed E-state index contributed by atoms with van der Waals surface area (Å²) in [7, 11) is 2.11. The van der Waals surface area contributed by atoms with E-state index in [-0.39, 0.29) is 12.2 Å². The predicted octanol–water partition coefficient (Wildman–Crippen LogP) is -0.322. The first-order valence-electron chi connectivity index (χ1n) is 5.41. The van der Waals surface area contributed by atoms with Crippen LogP contribution in [-0.4, -0.2) is 62.0 Å². The van der Waals surface area contributed by atoms with Gasteiger partial charge in [-0.2, -0.15) is 0 Å². The van der Waals surface area contributed by atoms with Gasteiger partial charge in [0.1, 0.15) is 0 Å². The smallest absolute Gasteiger partial charge is 0.0826 e. The van der Waals surface area contributed by atoms with E-state index in [9.17, 15) is 5.11 Å². The van der Waals surface area contributed by atoms with Gasteiger partial charge in [0.15, 0.2) is 0 Å². The summed E-state index contributed by atoms with van der Waals surface area (Å²) in [5, 5.41) is 12.6. The van der Waals surface area contributed by atoms with E-state index in [0.717, 1.165) is 32.7 Å². The molecule has 0 aliphatic carbocycles. The third-order valence-electron chi connectivity index (χ3n) is 2.57. The molecular formula is C10H22N2O2. The molecule has 0 aromatic carbocycles. The van der Waals surface area contributed by atoms with Gasteiger partial charge in [-0.05, 0) is 13.5 Å². The van der Waals surface area contributed by atoms with Crippen molar-refractivity contribution in [2.24, 2.45) is 0 Å². The van der Waals surface area contributed by atoms with Crippen molar-refractivity contribution in [1.82, 2.24) is 10.2 Å². The number of hydrogen-bond donors (Lipinski definition) is 2. The van der Waals surface area contributed by atoms with Crippen LogP contribution in [0.3, 0.4) is 0 Å². The highest BCUT2D eigenvalue weighted by atomic mass is 16.5. The fourth-order valence-electron chi connectivity index (χ4n) is 1.55. The lowest BCUT2D eigenvalue weighted by Crippen LogP contribution is -2.45. The third-order valence-corrected chi connectivity index (χ3v) is 2.57. The highest BCUT2D eigenvalue weighted by Gasteiger charge is 2.17. The van der Waals surface area contributed by atoms with Gasteiger partial charge < -0.3 is 20.1 Å². The SMILES string of the molecule is CC[C@@H](O)CNC[C@@H]1CN(C)CCO1. The number of nitrogens with one attached hydrogen (secondary N) is 1. The van der Waals surface area contributed by atoms with Gasteiger partial charge in [0.25, 0.3) is 0 Å². The lowest BCUT2D eigenvalue weighted by Gasteiger charge is -2.30. The van der Waals surface area contributed by atoms with Gasteiger partial charge in [0, 0.05) is 26.2 Å². The molecule has 2 atom stereocenters. The van der Waals surface area contributed by atoms with Crippen molar-refractivity contribution in [2.45, 2.75) is 25.6 Å². The molecule has 0 radical (unpaired) electrons. The zero-order chi connectivity index (χ0) is 10.4. The number of nitrogens with zero attached hydrogens (tertiary/aromatic N) is 1. The lowest BCUT2D eigenvalue weighted by molar-refractivity contribution is -0.0191. The maximum Gasteiger partial charge on any atom is 0.0826 e. The molecule has 0 aromatic heterocycles. The van der Waals surface area contributed by atoms with E-state index in [4.69, 9.17) is 4.74 Å². The van der Waals surface area contributed by atoms with Crippen molar-refractivity contribution in [3.8, 4) is 0 Å². The quantitative estimate of drug-likeness (QED) is 0.641. The molecule has 0 bridgehead atoms. The van der Waals surface area contributed by atoms with Gasteiger partial charge in [0.05, 0.1) is 18.8 Å². The summed E-state index contributed by atoms with van der Waals surface area (Å²) in [5.74, 6) is 0. The van der Waals surface area contributed by atoms with Gasteiger partial charge in [-0.1, -0.05) is 6.92 Å². The summed E-state index contributed by atoms with van der Waals surface area (Å²) >= 11 is 0. The first kappa shape index (κ1) is 11.9. The van der Waals surface area contributed by atoms with Crippen LogP contribution >= 0.6 is 0 Å². The topological polar surface area (TPSA) is 44.7 Å². The Labute approximate surface area is 86.2 Å². The van der Waals surface area contributed by atoms with Crippen LogP contribution in [-0.2, 0) is 4.74 Å². The van der Waals surface area contributed by atoms with E-state index >= 15 is 0 Å². The molecule has 1 aliphatic rings. The van der Waals surface area contributed by atoms with Crippen molar-refractivity contribution in [1.29, 1.82) is 0 Å². The van der Waals surface area contributed by atoms with Crippen molar-refractivity contribution in [3.63, 3.8) is 0 Å². The summed E-state index contributed by atoms with van der Waals surface area (Å²) in [4.78, 5) is 2.27. The van der Waals surface area contributed by atoms with Crippen LogP contribution in [0, 0.1) is 0 Å². The standard InChI is InChI=1S/C10H22N2O2/c1-3-9(13)6-11-7-10-8-12(2)4-5-14-10/h9-11,13H,3-8H2,1-2H3/t9-,10-/m1/s1. The Balaban J connectivity index is 2.05. The summed E-state index contributed by atoms with van der Waals surface area (Å²) in [6, 6.07) is 0. The maximum atomic E-state index is 9.33. The highest BCUT2D eigenvalue weighted by molar-refractivity contribution is 4.71. The van der Waals surface area contributed by atoms with Gasteiger partial charge in [-0.3, -0.25) is 0 Å². The first-order valence-corrected chi connectivity index (χ1v) is 5.41. The summed E-state index contributed by atoms with van der Waals surface area (Å²) in [6.45, 7) is 6.31. The Morgan fingerprint density at radius 2 is 2.43 bits per heavy atom. The molecule has 1 fully saturated rings. The summed E-state index contributed by atoms with van der Waals surface area (Å²) < 4.78 is 5.58. The van der Waals surface area contributed by atoms with Crippen molar-refractivity contribution >= 4 is 0 Å². The molecule has 0 aromatic rings.